The predicted molar refractivity (Wildman–Crippen MR) is 94.3 cm³/mol. The Bertz CT molecular complexity index is 403. The Morgan fingerprint density at radius 2 is 2.04 bits per heavy atom. The molecule has 23 heavy (non-hydrogen) atoms. The average Bonchev–Trinajstić information content (AvgIpc) is 2.45. The number of hydrogen-bond acceptors (Lipinski definition) is 4. The number of nitrogens with zero attached hydrogens (tertiary/aromatic N) is 2. The second-order valence-corrected chi connectivity index (χ2v) is 7.63. The van der Waals surface area contributed by atoms with Gasteiger partial charge in [-0.15, -0.1) is 6.42 Å². The number of rotatable bonds is 6. The van der Waals surface area contributed by atoms with Crippen LogP contribution in [-0.2, 0) is 4.74 Å². The first-order chi connectivity index (χ1) is 10.7. The van der Waals surface area contributed by atoms with Gasteiger partial charge in [0.2, 0.25) is 0 Å². The summed E-state index contributed by atoms with van der Waals surface area (Å²) in [5.41, 5.74) is -0.445. The molecule has 0 aliphatic carbocycles. The molecule has 1 amide bonds. The molecule has 5 heteroatoms. The van der Waals surface area contributed by atoms with Crippen molar-refractivity contribution in [1.29, 1.82) is 0 Å². The Labute approximate surface area is 141 Å². The first kappa shape index (κ1) is 19.8. The molecule has 1 heterocycles. The van der Waals surface area contributed by atoms with E-state index >= 15 is 0 Å². The van der Waals surface area contributed by atoms with Gasteiger partial charge in [-0.2, -0.15) is 0 Å². The highest BCUT2D eigenvalue weighted by Crippen LogP contribution is 2.12. The van der Waals surface area contributed by atoms with Crippen LogP contribution >= 0.6 is 0 Å². The van der Waals surface area contributed by atoms with Gasteiger partial charge in [-0.1, -0.05) is 12.8 Å². The van der Waals surface area contributed by atoms with Gasteiger partial charge in [0.25, 0.3) is 0 Å². The second kappa shape index (κ2) is 9.14. The Morgan fingerprint density at radius 3 is 2.57 bits per heavy atom. The van der Waals surface area contributed by atoms with E-state index < -0.39 is 5.60 Å². The maximum Gasteiger partial charge on any atom is 0.410 e. The van der Waals surface area contributed by atoms with Crippen LogP contribution in [0.2, 0.25) is 0 Å². The van der Waals surface area contributed by atoms with E-state index in [-0.39, 0.29) is 6.09 Å². The third-order valence-corrected chi connectivity index (χ3v) is 3.95. The van der Waals surface area contributed by atoms with Gasteiger partial charge in [0.1, 0.15) is 5.60 Å². The zero-order valence-electron chi connectivity index (χ0n) is 15.4. The Kier molecular flexibility index (Phi) is 7.87. The van der Waals surface area contributed by atoms with Crippen molar-refractivity contribution in [3.63, 3.8) is 0 Å². The number of likely N-dealkylation sites (tertiary alicyclic amines) is 1. The molecule has 5 nitrogen and oxygen atoms in total. The van der Waals surface area contributed by atoms with Gasteiger partial charge < -0.3 is 15.0 Å². The van der Waals surface area contributed by atoms with Gasteiger partial charge in [-0.25, -0.2) is 4.79 Å². The topological polar surface area (TPSA) is 44.8 Å². The highest BCUT2D eigenvalue weighted by Gasteiger charge is 2.22. The van der Waals surface area contributed by atoms with Gasteiger partial charge in [0.05, 0.1) is 6.54 Å². The van der Waals surface area contributed by atoms with E-state index in [4.69, 9.17) is 11.2 Å². The van der Waals surface area contributed by atoms with E-state index in [0.29, 0.717) is 18.5 Å². The van der Waals surface area contributed by atoms with Crippen molar-refractivity contribution in [3.05, 3.63) is 0 Å². The molecular formula is C18H33N3O2. The number of amides is 1. The lowest BCUT2D eigenvalue weighted by atomic mass is 10.0. The molecule has 0 aromatic carbocycles. The fourth-order valence-electron chi connectivity index (χ4n) is 2.74. The molecule has 0 radical (unpaired) electrons. The number of nitrogens with one attached hydrogen (secondary N) is 1. The zero-order valence-corrected chi connectivity index (χ0v) is 15.4. The van der Waals surface area contributed by atoms with Crippen LogP contribution in [0.4, 0.5) is 4.79 Å². The highest BCUT2D eigenvalue weighted by atomic mass is 16.6. The van der Waals surface area contributed by atoms with Crippen LogP contribution in [0, 0.1) is 18.3 Å². The Hall–Kier alpha value is -1.25. The van der Waals surface area contributed by atoms with E-state index in [9.17, 15) is 4.79 Å². The summed E-state index contributed by atoms with van der Waals surface area (Å²) in [5, 5.41) is 3.62. The van der Waals surface area contributed by atoms with E-state index in [1.54, 1.807) is 11.9 Å². The van der Waals surface area contributed by atoms with E-state index in [1.807, 2.05) is 20.8 Å². The normalized spacial score (nSPS) is 18.3. The van der Waals surface area contributed by atoms with Gasteiger partial charge in [0, 0.05) is 32.7 Å². The van der Waals surface area contributed by atoms with E-state index in [0.717, 1.165) is 39.0 Å². The molecular weight excluding hydrogens is 290 g/mol. The standard InChI is InChI=1S/C18H33N3O2/c1-7-10-21-11-8-16(9-12-21)19-13-15(2)14-20(6)17(22)23-18(3,4)5/h1,15-16,19H,8-14H2,2-6H3. The summed E-state index contributed by atoms with van der Waals surface area (Å²) in [6, 6.07) is 0.554. The highest BCUT2D eigenvalue weighted by molar-refractivity contribution is 5.67. The van der Waals surface area contributed by atoms with Crippen LogP contribution in [0.1, 0.15) is 40.5 Å². The van der Waals surface area contributed by atoms with Crippen molar-refractivity contribution in [3.8, 4) is 12.3 Å². The minimum atomic E-state index is -0.445. The van der Waals surface area contributed by atoms with Crippen molar-refractivity contribution in [2.45, 2.75) is 52.2 Å². The summed E-state index contributed by atoms with van der Waals surface area (Å²) in [5.74, 6) is 3.09. The summed E-state index contributed by atoms with van der Waals surface area (Å²) >= 11 is 0. The largest absolute Gasteiger partial charge is 0.444 e. The molecule has 0 aromatic rings. The van der Waals surface area contributed by atoms with Gasteiger partial charge in [-0.3, -0.25) is 4.90 Å². The molecule has 132 valence electrons. The summed E-state index contributed by atoms with van der Waals surface area (Å²) < 4.78 is 5.37. The first-order valence-electron chi connectivity index (χ1n) is 8.54. The van der Waals surface area contributed by atoms with Gasteiger partial charge >= 0.3 is 6.09 Å². The van der Waals surface area contributed by atoms with Crippen LogP contribution in [0.25, 0.3) is 0 Å². The number of carbonyl (C=O) groups excluding carboxylic acids is 1. The lowest BCUT2D eigenvalue weighted by molar-refractivity contribution is 0.0276. The molecule has 1 saturated heterocycles. The maximum atomic E-state index is 12.0. The number of terminal acetylenes is 1. The third-order valence-electron chi connectivity index (χ3n) is 3.95. The molecule has 1 atom stereocenters. The number of carbonyl (C=O) groups is 1. The molecule has 1 aliphatic rings. The minimum Gasteiger partial charge on any atom is -0.444 e. The van der Waals surface area contributed by atoms with E-state index in [2.05, 4.69) is 23.1 Å². The van der Waals surface area contributed by atoms with Crippen molar-refractivity contribution < 1.29 is 9.53 Å². The van der Waals surface area contributed by atoms with Gasteiger partial charge in [0.15, 0.2) is 0 Å². The molecule has 1 fully saturated rings. The summed E-state index contributed by atoms with van der Waals surface area (Å²) in [6.45, 7) is 12.3. The SMILES string of the molecule is C#CCN1CCC(NCC(C)CN(C)C(=O)OC(C)(C)C)CC1. The van der Waals surface area contributed by atoms with Gasteiger partial charge in [-0.05, 0) is 46.1 Å². The fraction of sp³-hybridized carbons (Fsp3) is 0.833. The van der Waals surface area contributed by atoms with Crippen LogP contribution in [0.5, 0.6) is 0 Å². The fourth-order valence-corrected chi connectivity index (χ4v) is 2.74. The molecule has 1 unspecified atom stereocenters. The molecule has 0 aromatic heterocycles. The zero-order chi connectivity index (χ0) is 17.5. The predicted octanol–water partition coefficient (Wildman–Crippen LogP) is 2.18. The Balaban J connectivity index is 2.23. The monoisotopic (exact) mass is 323 g/mol. The van der Waals surface area contributed by atoms with Crippen LogP contribution in [0.15, 0.2) is 0 Å². The first-order valence-corrected chi connectivity index (χ1v) is 8.54. The molecule has 1 aliphatic heterocycles. The third kappa shape index (κ3) is 8.24. The quantitative estimate of drug-likeness (QED) is 0.761. The maximum absolute atomic E-state index is 12.0. The molecule has 1 rings (SSSR count). The average molecular weight is 323 g/mol. The molecule has 0 bridgehead atoms. The van der Waals surface area contributed by atoms with Crippen molar-refractivity contribution in [1.82, 2.24) is 15.1 Å². The smallest absolute Gasteiger partial charge is 0.410 e. The lowest BCUT2D eigenvalue weighted by Gasteiger charge is -2.32. The summed E-state index contributed by atoms with van der Waals surface area (Å²) in [7, 11) is 1.79. The number of hydrogen-bond donors (Lipinski definition) is 1. The number of piperidine rings is 1. The van der Waals surface area contributed by atoms with Crippen molar-refractivity contribution in [2.24, 2.45) is 5.92 Å². The summed E-state index contributed by atoms with van der Waals surface area (Å²) in [6.07, 6.45) is 7.36. The van der Waals surface area contributed by atoms with Crippen molar-refractivity contribution >= 4 is 6.09 Å². The second-order valence-electron chi connectivity index (χ2n) is 7.63. The van der Waals surface area contributed by atoms with Crippen LogP contribution < -0.4 is 5.32 Å². The molecule has 0 spiro atoms. The molecule has 1 N–H and O–H groups in total. The van der Waals surface area contributed by atoms with Crippen LogP contribution in [-0.4, -0.2) is 67.3 Å². The Morgan fingerprint density at radius 1 is 1.43 bits per heavy atom. The lowest BCUT2D eigenvalue weighted by Crippen LogP contribution is -2.45. The number of ether oxygens (including phenoxy) is 1. The minimum absolute atomic E-state index is 0.257. The van der Waals surface area contributed by atoms with E-state index in [1.165, 1.54) is 0 Å². The molecule has 0 saturated carbocycles. The van der Waals surface area contributed by atoms with Crippen LogP contribution in [0.3, 0.4) is 0 Å². The summed E-state index contributed by atoms with van der Waals surface area (Å²) in [4.78, 5) is 15.9. The van der Waals surface area contributed by atoms with Crippen molar-refractivity contribution in [2.75, 3.05) is 39.8 Å².